The summed E-state index contributed by atoms with van der Waals surface area (Å²) in [6, 6.07) is 3.15. The number of carbonyl (C=O) groups excluding carboxylic acids is 1. The molecule has 0 aromatic heterocycles. The van der Waals surface area contributed by atoms with E-state index in [-0.39, 0.29) is 12.0 Å². The molecule has 3 atom stereocenters. The SMILES string of the molecule is CC(OCC1CCCCO1)C(=O)NC(C)c1ccc(F)c(F)c1. The Labute approximate surface area is 135 Å². The van der Waals surface area contributed by atoms with Crippen molar-refractivity contribution in [2.24, 2.45) is 0 Å². The number of hydrogen-bond donors (Lipinski definition) is 1. The van der Waals surface area contributed by atoms with Crippen LogP contribution < -0.4 is 5.32 Å². The van der Waals surface area contributed by atoms with E-state index in [0.717, 1.165) is 38.0 Å². The number of nitrogens with one attached hydrogen (secondary N) is 1. The minimum absolute atomic E-state index is 0.0441. The second-order valence-corrected chi connectivity index (χ2v) is 5.87. The third kappa shape index (κ3) is 5.25. The van der Waals surface area contributed by atoms with Gasteiger partial charge in [0.25, 0.3) is 0 Å². The van der Waals surface area contributed by atoms with E-state index >= 15 is 0 Å². The van der Waals surface area contributed by atoms with Crippen molar-refractivity contribution >= 4 is 5.91 Å². The van der Waals surface area contributed by atoms with Crippen molar-refractivity contribution in [3.05, 3.63) is 35.4 Å². The van der Waals surface area contributed by atoms with Gasteiger partial charge in [0.05, 0.1) is 18.8 Å². The smallest absolute Gasteiger partial charge is 0.249 e. The minimum atomic E-state index is -0.928. The molecule has 23 heavy (non-hydrogen) atoms. The summed E-state index contributed by atoms with van der Waals surface area (Å²) in [4.78, 5) is 12.1. The summed E-state index contributed by atoms with van der Waals surface area (Å²) >= 11 is 0. The second-order valence-electron chi connectivity index (χ2n) is 5.87. The van der Waals surface area contributed by atoms with E-state index in [4.69, 9.17) is 9.47 Å². The van der Waals surface area contributed by atoms with E-state index < -0.39 is 23.8 Å². The molecule has 2 rings (SSSR count). The summed E-state index contributed by atoms with van der Waals surface area (Å²) in [5, 5.41) is 2.74. The first-order chi connectivity index (χ1) is 11.0. The van der Waals surface area contributed by atoms with Crippen molar-refractivity contribution in [1.29, 1.82) is 0 Å². The van der Waals surface area contributed by atoms with Crippen molar-refractivity contribution < 1.29 is 23.0 Å². The molecule has 1 N–H and O–H groups in total. The fourth-order valence-corrected chi connectivity index (χ4v) is 2.46. The van der Waals surface area contributed by atoms with Gasteiger partial charge in [0.1, 0.15) is 6.10 Å². The molecule has 1 amide bonds. The first-order valence-corrected chi connectivity index (χ1v) is 7.96. The molecule has 0 radical (unpaired) electrons. The standard InChI is InChI=1S/C17H23F2NO3/c1-11(13-6-7-15(18)16(19)9-13)20-17(21)12(2)23-10-14-5-3-4-8-22-14/h6-7,9,11-12,14H,3-5,8,10H2,1-2H3,(H,20,21). The van der Waals surface area contributed by atoms with Crippen LogP contribution in [0.3, 0.4) is 0 Å². The van der Waals surface area contributed by atoms with Crippen LogP contribution in [0.1, 0.15) is 44.7 Å². The normalized spacial score (nSPS) is 20.8. The molecule has 1 aromatic carbocycles. The maximum Gasteiger partial charge on any atom is 0.249 e. The number of halogens is 2. The molecule has 1 aromatic rings. The Morgan fingerprint density at radius 3 is 2.78 bits per heavy atom. The van der Waals surface area contributed by atoms with Crippen molar-refractivity contribution in [1.82, 2.24) is 5.32 Å². The lowest BCUT2D eigenvalue weighted by Crippen LogP contribution is -2.38. The van der Waals surface area contributed by atoms with Gasteiger partial charge in [-0.05, 0) is 50.8 Å². The minimum Gasteiger partial charge on any atom is -0.376 e. The average Bonchev–Trinajstić information content (AvgIpc) is 2.55. The van der Waals surface area contributed by atoms with Crippen LogP contribution in [0.5, 0.6) is 0 Å². The molecule has 0 spiro atoms. The van der Waals surface area contributed by atoms with Crippen LogP contribution in [0.4, 0.5) is 8.78 Å². The van der Waals surface area contributed by atoms with Crippen LogP contribution in [-0.2, 0) is 14.3 Å². The maximum atomic E-state index is 13.2. The molecular weight excluding hydrogens is 304 g/mol. The first kappa shape index (κ1) is 17.8. The Hall–Kier alpha value is -1.53. The first-order valence-electron chi connectivity index (χ1n) is 7.96. The van der Waals surface area contributed by atoms with Crippen molar-refractivity contribution in [2.75, 3.05) is 13.2 Å². The molecule has 1 heterocycles. The van der Waals surface area contributed by atoms with Gasteiger partial charge in [0.2, 0.25) is 5.91 Å². The Morgan fingerprint density at radius 2 is 2.13 bits per heavy atom. The van der Waals surface area contributed by atoms with Crippen molar-refractivity contribution in [2.45, 2.75) is 51.4 Å². The van der Waals surface area contributed by atoms with Gasteiger partial charge >= 0.3 is 0 Å². The van der Waals surface area contributed by atoms with Crippen LogP contribution in [0.25, 0.3) is 0 Å². The van der Waals surface area contributed by atoms with E-state index in [1.54, 1.807) is 13.8 Å². The Morgan fingerprint density at radius 1 is 1.35 bits per heavy atom. The van der Waals surface area contributed by atoms with Crippen LogP contribution in [0.2, 0.25) is 0 Å². The number of rotatable bonds is 6. The van der Waals surface area contributed by atoms with Crippen molar-refractivity contribution in [3.63, 3.8) is 0 Å². The van der Waals surface area contributed by atoms with Crippen LogP contribution in [0.15, 0.2) is 18.2 Å². The highest BCUT2D eigenvalue weighted by Crippen LogP contribution is 2.17. The summed E-state index contributed by atoms with van der Waals surface area (Å²) in [7, 11) is 0. The molecule has 0 bridgehead atoms. The molecule has 4 nitrogen and oxygen atoms in total. The Balaban J connectivity index is 1.80. The van der Waals surface area contributed by atoms with Gasteiger partial charge in [-0.1, -0.05) is 6.07 Å². The van der Waals surface area contributed by atoms with E-state index in [1.807, 2.05) is 0 Å². The Bertz CT molecular complexity index is 533. The molecule has 0 aliphatic carbocycles. The fourth-order valence-electron chi connectivity index (χ4n) is 2.46. The summed E-state index contributed by atoms with van der Waals surface area (Å²) in [6.07, 6.45) is 2.54. The zero-order valence-electron chi connectivity index (χ0n) is 13.5. The quantitative estimate of drug-likeness (QED) is 0.873. The van der Waals surface area contributed by atoms with E-state index in [0.29, 0.717) is 12.2 Å². The van der Waals surface area contributed by atoms with E-state index in [9.17, 15) is 13.6 Å². The zero-order chi connectivity index (χ0) is 16.8. The molecule has 0 saturated carbocycles. The van der Waals surface area contributed by atoms with Crippen LogP contribution >= 0.6 is 0 Å². The molecule has 1 aliphatic heterocycles. The fraction of sp³-hybridized carbons (Fsp3) is 0.588. The molecular formula is C17H23F2NO3. The number of benzene rings is 1. The van der Waals surface area contributed by atoms with Crippen LogP contribution in [0, 0.1) is 11.6 Å². The zero-order valence-corrected chi connectivity index (χ0v) is 13.5. The third-order valence-corrected chi connectivity index (χ3v) is 3.98. The predicted molar refractivity (Wildman–Crippen MR) is 81.9 cm³/mol. The summed E-state index contributed by atoms with van der Waals surface area (Å²) in [5.41, 5.74) is 0.500. The van der Waals surface area contributed by atoms with Gasteiger partial charge in [-0.2, -0.15) is 0 Å². The lowest BCUT2D eigenvalue weighted by Gasteiger charge is -2.24. The summed E-state index contributed by atoms with van der Waals surface area (Å²) < 4.78 is 37.3. The van der Waals surface area contributed by atoms with E-state index in [1.165, 1.54) is 6.07 Å². The molecule has 128 valence electrons. The summed E-state index contributed by atoms with van der Waals surface area (Å²) in [5.74, 6) is -2.13. The van der Waals surface area contributed by atoms with E-state index in [2.05, 4.69) is 5.32 Å². The third-order valence-electron chi connectivity index (χ3n) is 3.98. The predicted octanol–water partition coefficient (Wildman–Crippen LogP) is 3.12. The molecule has 1 aliphatic rings. The van der Waals surface area contributed by atoms with Crippen molar-refractivity contribution in [3.8, 4) is 0 Å². The maximum absolute atomic E-state index is 13.2. The molecule has 3 unspecified atom stereocenters. The summed E-state index contributed by atoms with van der Waals surface area (Å²) in [6.45, 7) is 4.49. The number of hydrogen-bond acceptors (Lipinski definition) is 3. The van der Waals surface area contributed by atoms with Gasteiger partial charge in [0, 0.05) is 6.61 Å². The van der Waals surface area contributed by atoms with Gasteiger partial charge in [-0.25, -0.2) is 8.78 Å². The molecule has 1 fully saturated rings. The van der Waals surface area contributed by atoms with Gasteiger partial charge < -0.3 is 14.8 Å². The number of amides is 1. The molecule has 1 saturated heterocycles. The van der Waals surface area contributed by atoms with Crippen LogP contribution in [-0.4, -0.2) is 31.3 Å². The second kappa shape index (κ2) is 8.36. The lowest BCUT2D eigenvalue weighted by molar-refractivity contribution is -0.136. The monoisotopic (exact) mass is 327 g/mol. The van der Waals surface area contributed by atoms with Gasteiger partial charge in [0.15, 0.2) is 11.6 Å². The Kier molecular flexibility index (Phi) is 6.47. The largest absolute Gasteiger partial charge is 0.376 e. The van der Waals surface area contributed by atoms with Gasteiger partial charge in [-0.15, -0.1) is 0 Å². The number of carbonyl (C=O) groups is 1. The highest BCUT2D eigenvalue weighted by atomic mass is 19.2. The topological polar surface area (TPSA) is 47.6 Å². The highest BCUT2D eigenvalue weighted by molar-refractivity contribution is 5.80. The highest BCUT2D eigenvalue weighted by Gasteiger charge is 2.20. The average molecular weight is 327 g/mol. The molecule has 6 heteroatoms. The lowest BCUT2D eigenvalue weighted by atomic mass is 10.1. The van der Waals surface area contributed by atoms with Gasteiger partial charge in [-0.3, -0.25) is 4.79 Å². The number of ether oxygens (including phenoxy) is 2.